The molecule has 1 aromatic rings. The van der Waals surface area contributed by atoms with Crippen LogP contribution in [0.4, 0.5) is 4.79 Å². The number of amides is 3. The van der Waals surface area contributed by atoms with Crippen molar-refractivity contribution < 1.29 is 14.3 Å². The summed E-state index contributed by atoms with van der Waals surface area (Å²) in [5.74, 6) is 0.363. The van der Waals surface area contributed by atoms with E-state index in [9.17, 15) is 9.59 Å². The highest BCUT2D eigenvalue weighted by Crippen LogP contribution is 2.59. The number of ether oxygens (including phenoxy) is 1. The number of hydrogen-bond acceptors (Lipinski definition) is 3. The quantitative estimate of drug-likeness (QED) is 0.818. The highest BCUT2D eigenvalue weighted by atomic mass is 16.5. The molecule has 0 radical (unpaired) electrons. The molecule has 5 nitrogen and oxygen atoms in total. The Morgan fingerprint density at radius 3 is 2.54 bits per heavy atom. The summed E-state index contributed by atoms with van der Waals surface area (Å²) in [5, 5.41) is 5.60. The lowest BCUT2D eigenvalue weighted by atomic mass is 9.61. The number of methoxy groups -OCH3 is 1. The summed E-state index contributed by atoms with van der Waals surface area (Å²) in [5.41, 5.74) is 2.26. The van der Waals surface area contributed by atoms with Crippen LogP contribution >= 0.6 is 0 Å². The summed E-state index contributed by atoms with van der Waals surface area (Å²) in [6.07, 6.45) is 5.67. The summed E-state index contributed by atoms with van der Waals surface area (Å²) in [7, 11) is 1.75. The second-order valence-electron chi connectivity index (χ2n) is 8.64. The van der Waals surface area contributed by atoms with Crippen molar-refractivity contribution in [3.63, 3.8) is 0 Å². The van der Waals surface area contributed by atoms with E-state index in [4.69, 9.17) is 4.74 Å². The molecule has 1 aromatic carbocycles. The van der Waals surface area contributed by atoms with Crippen LogP contribution in [0.5, 0.6) is 0 Å². The van der Waals surface area contributed by atoms with E-state index >= 15 is 0 Å². The molecular weight excluding hydrogens is 328 g/mol. The highest BCUT2D eigenvalue weighted by Gasteiger charge is 2.66. The van der Waals surface area contributed by atoms with Gasteiger partial charge in [0.2, 0.25) is 0 Å². The van der Waals surface area contributed by atoms with Crippen LogP contribution in [0.15, 0.2) is 18.2 Å². The Morgan fingerprint density at radius 1 is 1.23 bits per heavy atom. The standard InChI is InChI=1S/C21H28N2O3/c1-13(2)10-14-4-5-15-12-20(8-6-16(26-3)7-9-20)21(17(15)11-14)18(24)22-19(25)23-21/h4-5,11,13,16H,6-10,12H2,1-3H3,(H2,22,23,24,25)/t16-,20-,21?. The molecule has 2 N–H and O–H groups in total. The van der Waals surface area contributed by atoms with Crippen molar-refractivity contribution in [3.8, 4) is 0 Å². The fourth-order valence-corrected chi connectivity index (χ4v) is 5.46. The molecule has 3 amide bonds. The summed E-state index contributed by atoms with van der Waals surface area (Å²) >= 11 is 0. The molecule has 3 aliphatic rings. The minimum atomic E-state index is -0.925. The first kappa shape index (κ1) is 17.5. The van der Waals surface area contributed by atoms with Gasteiger partial charge in [-0.2, -0.15) is 0 Å². The van der Waals surface area contributed by atoms with E-state index in [1.54, 1.807) is 7.11 Å². The third kappa shape index (κ3) is 2.40. The molecule has 26 heavy (non-hydrogen) atoms. The third-order valence-electron chi connectivity index (χ3n) is 6.64. The first-order valence-corrected chi connectivity index (χ1v) is 9.69. The molecular formula is C21H28N2O3. The number of fused-ring (bicyclic) bond motifs is 3. The fraction of sp³-hybridized carbons (Fsp3) is 0.619. The van der Waals surface area contributed by atoms with Crippen LogP contribution < -0.4 is 10.6 Å². The van der Waals surface area contributed by atoms with Gasteiger partial charge in [0.05, 0.1) is 6.10 Å². The van der Waals surface area contributed by atoms with E-state index in [-0.39, 0.29) is 23.5 Å². The molecule has 4 rings (SSSR count). The van der Waals surface area contributed by atoms with E-state index in [0.29, 0.717) is 5.92 Å². The topological polar surface area (TPSA) is 67.4 Å². The van der Waals surface area contributed by atoms with Crippen LogP contribution in [0, 0.1) is 11.3 Å². The molecule has 1 saturated heterocycles. The minimum absolute atomic E-state index is 0.182. The van der Waals surface area contributed by atoms with Crippen molar-refractivity contribution in [2.45, 2.75) is 64.0 Å². The minimum Gasteiger partial charge on any atom is -0.381 e. The van der Waals surface area contributed by atoms with E-state index in [0.717, 1.165) is 44.1 Å². The molecule has 1 atom stereocenters. The Labute approximate surface area is 154 Å². The summed E-state index contributed by atoms with van der Waals surface area (Å²) in [4.78, 5) is 25.3. The zero-order valence-electron chi connectivity index (χ0n) is 15.9. The fourth-order valence-electron chi connectivity index (χ4n) is 5.46. The highest BCUT2D eigenvalue weighted by molar-refractivity contribution is 6.08. The molecule has 0 aromatic heterocycles. The first-order valence-electron chi connectivity index (χ1n) is 9.69. The summed E-state index contributed by atoms with van der Waals surface area (Å²) in [6, 6.07) is 6.15. The van der Waals surface area contributed by atoms with Gasteiger partial charge in [-0.05, 0) is 61.1 Å². The number of hydrogen-bond donors (Lipinski definition) is 2. The average Bonchev–Trinajstić information content (AvgIpc) is 3.04. The molecule has 2 aliphatic carbocycles. The van der Waals surface area contributed by atoms with Gasteiger partial charge in [-0.1, -0.05) is 32.0 Å². The molecule has 1 unspecified atom stereocenters. The van der Waals surface area contributed by atoms with Crippen molar-refractivity contribution in [1.29, 1.82) is 0 Å². The molecule has 1 saturated carbocycles. The molecule has 1 aliphatic heterocycles. The van der Waals surface area contributed by atoms with Crippen LogP contribution in [0.1, 0.15) is 56.2 Å². The van der Waals surface area contributed by atoms with Gasteiger partial charge in [-0.15, -0.1) is 0 Å². The number of carbonyl (C=O) groups is 2. The maximum Gasteiger partial charge on any atom is 0.322 e. The maximum atomic E-state index is 13.1. The predicted molar refractivity (Wildman–Crippen MR) is 98.7 cm³/mol. The predicted octanol–water partition coefficient (Wildman–Crippen LogP) is 3.05. The van der Waals surface area contributed by atoms with Gasteiger partial charge < -0.3 is 10.1 Å². The molecule has 5 heteroatoms. The van der Waals surface area contributed by atoms with Crippen molar-refractivity contribution >= 4 is 11.9 Å². The molecule has 1 heterocycles. The average molecular weight is 356 g/mol. The van der Waals surface area contributed by atoms with E-state index < -0.39 is 5.54 Å². The number of benzene rings is 1. The number of nitrogens with one attached hydrogen (secondary N) is 2. The van der Waals surface area contributed by atoms with Gasteiger partial charge in [0.15, 0.2) is 5.54 Å². The van der Waals surface area contributed by atoms with Crippen molar-refractivity contribution in [1.82, 2.24) is 10.6 Å². The van der Waals surface area contributed by atoms with E-state index in [1.807, 2.05) is 0 Å². The van der Waals surface area contributed by atoms with Crippen LogP contribution in [0.25, 0.3) is 0 Å². The monoisotopic (exact) mass is 356 g/mol. The number of imide groups is 1. The van der Waals surface area contributed by atoms with Gasteiger partial charge in [0.25, 0.3) is 5.91 Å². The molecule has 0 bridgehead atoms. The van der Waals surface area contributed by atoms with Gasteiger partial charge in [0.1, 0.15) is 0 Å². The lowest BCUT2D eigenvalue weighted by molar-refractivity contribution is -0.131. The van der Waals surface area contributed by atoms with Crippen LogP contribution in [0.2, 0.25) is 0 Å². The van der Waals surface area contributed by atoms with E-state index in [2.05, 4.69) is 42.7 Å². The number of urea groups is 1. The Balaban J connectivity index is 1.80. The molecule has 2 spiro atoms. The number of rotatable bonds is 3. The van der Waals surface area contributed by atoms with Gasteiger partial charge >= 0.3 is 6.03 Å². The van der Waals surface area contributed by atoms with Crippen molar-refractivity contribution in [3.05, 3.63) is 34.9 Å². The van der Waals surface area contributed by atoms with Crippen LogP contribution in [-0.4, -0.2) is 25.2 Å². The molecule has 2 fully saturated rings. The second kappa shape index (κ2) is 6.08. The first-order chi connectivity index (χ1) is 12.4. The van der Waals surface area contributed by atoms with Crippen LogP contribution in [0.3, 0.4) is 0 Å². The van der Waals surface area contributed by atoms with Gasteiger partial charge in [0, 0.05) is 12.5 Å². The Morgan fingerprint density at radius 2 is 1.96 bits per heavy atom. The largest absolute Gasteiger partial charge is 0.381 e. The summed E-state index contributed by atoms with van der Waals surface area (Å²) < 4.78 is 5.54. The zero-order valence-corrected chi connectivity index (χ0v) is 15.9. The Kier molecular flexibility index (Phi) is 4.10. The maximum absolute atomic E-state index is 13.1. The SMILES string of the molecule is CO[C@H]1CC[C@]2(CC1)Cc1ccc(CC(C)C)cc1C21NC(=O)NC1=O. The number of carbonyl (C=O) groups excluding carboxylic acids is 2. The van der Waals surface area contributed by atoms with Crippen molar-refractivity contribution in [2.24, 2.45) is 11.3 Å². The summed E-state index contributed by atoms with van der Waals surface area (Å²) in [6.45, 7) is 4.39. The Hall–Kier alpha value is -1.88. The van der Waals surface area contributed by atoms with Crippen LogP contribution in [-0.2, 0) is 27.9 Å². The lowest BCUT2D eigenvalue weighted by Gasteiger charge is -2.46. The van der Waals surface area contributed by atoms with Gasteiger partial charge in [-0.25, -0.2) is 4.79 Å². The molecule has 140 valence electrons. The van der Waals surface area contributed by atoms with Gasteiger partial charge in [-0.3, -0.25) is 10.1 Å². The normalized spacial score (nSPS) is 33.0. The zero-order chi connectivity index (χ0) is 18.5. The second-order valence-corrected chi connectivity index (χ2v) is 8.64. The van der Waals surface area contributed by atoms with E-state index in [1.165, 1.54) is 11.1 Å². The lowest BCUT2D eigenvalue weighted by Crippen LogP contribution is -2.56. The smallest absolute Gasteiger partial charge is 0.322 e. The van der Waals surface area contributed by atoms with Crippen molar-refractivity contribution in [2.75, 3.05) is 7.11 Å². The Bertz CT molecular complexity index is 750. The third-order valence-corrected chi connectivity index (χ3v) is 6.64.